The number of thioether (sulfide) groups is 1. The molecule has 0 fully saturated rings. The highest BCUT2D eigenvalue weighted by atomic mass is 35.5. The highest BCUT2D eigenvalue weighted by Crippen LogP contribution is 2.13. The van der Waals surface area contributed by atoms with E-state index in [4.69, 9.17) is 16.3 Å². The first-order valence-corrected chi connectivity index (χ1v) is 9.62. The quantitative estimate of drug-likeness (QED) is 0.627. The minimum atomic E-state index is -0.731. The van der Waals surface area contributed by atoms with Gasteiger partial charge in [-0.2, -0.15) is 0 Å². The lowest BCUT2D eigenvalue weighted by Gasteiger charge is -2.07. The fourth-order valence-corrected chi connectivity index (χ4v) is 2.80. The van der Waals surface area contributed by atoms with E-state index in [0.29, 0.717) is 16.4 Å². The summed E-state index contributed by atoms with van der Waals surface area (Å²) in [7, 11) is 1.67. The van der Waals surface area contributed by atoms with Crippen LogP contribution >= 0.6 is 23.4 Å². The van der Waals surface area contributed by atoms with Gasteiger partial charge >= 0.3 is 5.97 Å². The molecule has 0 bridgehead atoms. The van der Waals surface area contributed by atoms with E-state index in [0.717, 1.165) is 11.8 Å². The number of esters is 1. The molecule has 0 aliphatic rings. The molecule has 2 rings (SSSR count). The number of imide groups is 1. The minimum absolute atomic E-state index is 0.0376. The number of amides is 3. The number of aromatic nitrogens is 1. The Morgan fingerprint density at radius 2 is 1.79 bits per heavy atom. The van der Waals surface area contributed by atoms with E-state index >= 15 is 0 Å². The van der Waals surface area contributed by atoms with Crippen molar-refractivity contribution in [1.82, 2.24) is 9.88 Å². The van der Waals surface area contributed by atoms with E-state index in [2.05, 4.69) is 10.6 Å². The summed E-state index contributed by atoms with van der Waals surface area (Å²) in [6.45, 7) is -0.577. The maximum atomic E-state index is 11.8. The van der Waals surface area contributed by atoms with Crippen LogP contribution in [0.4, 0.5) is 5.69 Å². The van der Waals surface area contributed by atoms with Gasteiger partial charge in [0.25, 0.3) is 11.8 Å². The minimum Gasteiger partial charge on any atom is -0.455 e. The van der Waals surface area contributed by atoms with Gasteiger partial charge in [0.2, 0.25) is 5.91 Å². The summed E-state index contributed by atoms with van der Waals surface area (Å²) in [5.74, 6) is -2.33. The highest BCUT2D eigenvalue weighted by Gasteiger charge is 2.14. The first-order valence-electron chi connectivity index (χ1n) is 8.09. The maximum Gasteiger partial charge on any atom is 0.316 e. The predicted octanol–water partition coefficient (Wildman–Crippen LogP) is 1.85. The van der Waals surface area contributed by atoms with Gasteiger partial charge in [0.15, 0.2) is 6.61 Å². The van der Waals surface area contributed by atoms with Crippen molar-refractivity contribution < 1.29 is 23.9 Å². The van der Waals surface area contributed by atoms with Crippen molar-refractivity contribution >= 4 is 52.7 Å². The molecule has 2 aromatic rings. The van der Waals surface area contributed by atoms with Crippen LogP contribution in [0.1, 0.15) is 10.5 Å². The summed E-state index contributed by atoms with van der Waals surface area (Å²) < 4.78 is 6.34. The molecule has 1 aromatic carbocycles. The van der Waals surface area contributed by atoms with Crippen LogP contribution in [0.3, 0.4) is 0 Å². The van der Waals surface area contributed by atoms with Crippen LogP contribution in [0.25, 0.3) is 0 Å². The van der Waals surface area contributed by atoms with Gasteiger partial charge in [-0.25, -0.2) is 0 Å². The Morgan fingerprint density at radius 1 is 1.07 bits per heavy atom. The van der Waals surface area contributed by atoms with E-state index in [1.165, 1.54) is 0 Å². The second kappa shape index (κ2) is 10.5. The first-order chi connectivity index (χ1) is 13.3. The van der Waals surface area contributed by atoms with Crippen LogP contribution in [0.2, 0.25) is 5.02 Å². The fourth-order valence-electron chi connectivity index (χ4n) is 2.07. The third-order valence-electron chi connectivity index (χ3n) is 3.37. The van der Waals surface area contributed by atoms with E-state index in [9.17, 15) is 19.2 Å². The lowest BCUT2D eigenvalue weighted by atomic mass is 10.3. The Kier molecular flexibility index (Phi) is 8.09. The number of nitrogens with one attached hydrogen (secondary N) is 2. The molecular formula is C18H18ClN3O5S. The molecule has 3 amide bonds. The van der Waals surface area contributed by atoms with Gasteiger partial charge in [-0.3, -0.25) is 24.5 Å². The van der Waals surface area contributed by atoms with Gasteiger partial charge in [0, 0.05) is 24.0 Å². The molecule has 0 saturated heterocycles. The SMILES string of the molecule is Cn1cccc1C(=O)NC(=O)COC(=O)CSCC(=O)Nc1ccc(Cl)cc1. The molecule has 0 aliphatic heterocycles. The summed E-state index contributed by atoms with van der Waals surface area (Å²) in [5.41, 5.74) is 0.902. The summed E-state index contributed by atoms with van der Waals surface area (Å²) in [4.78, 5) is 46.9. The van der Waals surface area contributed by atoms with Crippen molar-refractivity contribution in [2.75, 3.05) is 23.4 Å². The number of ether oxygens (including phenoxy) is 1. The summed E-state index contributed by atoms with van der Waals surface area (Å²) in [6.07, 6.45) is 1.67. The van der Waals surface area contributed by atoms with E-state index < -0.39 is 24.4 Å². The molecular weight excluding hydrogens is 406 g/mol. The largest absolute Gasteiger partial charge is 0.455 e. The average Bonchev–Trinajstić information content (AvgIpc) is 3.08. The molecule has 0 atom stereocenters. The summed E-state index contributed by atoms with van der Waals surface area (Å²) >= 11 is 6.81. The van der Waals surface area contributed by atoms with Crippen molar-refractivity contribution in [2.24, 2.45) is 7.05 Å². The zero-order valence-corrected chi connectivity index (χ0v) is 16.5. The van der Waals surface area contributed by atoms with Crippen molar-refractivity contribution in [3.63, 3.8) is 0 Å². The summed E-state index contributed by atoms with van der Waals surface area (Å²) in [5, 5.41) is 5.35. The average molecular weight is 424 g/mol. The monoisotopic (exact) mass is 423 g/mol. The Balaban J connectivity index is 1.62. The lowest BCUT2D eigenvalue weighted by molar-refractivity contribution is -0.145. The van der Waals surface area contributed by atoms with Crippen LogP contribution in [0.5, 0.6) is 0 Å². The zero-order chi connectivity index (χ0) is 20.5. The molecule has 10 heteroatoms. The molecule has 0 unspecified atom stereocenters. The molecule has 1 aromatic heterocycles. The van der Waals surface area contributed by atoms with E-state index in [-0.39, 0.29) is 17.4 Å². The first kappa shape index (κ1) is 21.5. The molecule has 28 heavy (non-hydrogen) atoms. The molecule has 0 spiro atoms. The third kappa shape index (κ3) is 7.09. The lowest BCUT2D eigenvalue weighted by Crippen LogP contribution is -2.35. The second-order valence-corrected chi connectivity index (χ2v) is 7.01. The Hall–Kier alpha value is -2.78. The van der Waals surface area contributed by atoms with Gasteiger partial charge in [-0.1, -0.05) is 11.6 Å². The molecule has 0 aliphatic carbocycles. The summed E-state index contributed by atoms with van der Waals surface area (Å²) in [6, 6.07) is 9.84. The number of anilines is 1. The molecule has 8 nitrogen and oxygen atoms in total. The molecule has 2 N–H and O–H groups in total. The number of benzene rings is 1. The normalized spacial score (nSPS) is 10.2. The standard InChI is InChI=1S/C18H18ClN3O5S/c1-22-8-2-3-14(22)18(26)21-15(23)9-27-17(25)11-28-10-16(24)20-13-6-4-12(19)5-7-13/h2-8H,9-11H2,1H3,(H,20,24)(H,21,23,26). The third-order valence-corrected chi connectivity index (χ3v) is 4.53. The number of halogens is 1. The van der Waals surface area contributed by atoms with Crippen LogP contribution in [-0.4, -0.2) is 46.4 Å². The molecule has 0 saturated carbocycles. The predicted molar refractivity (Wildman–Crippen MR) is 106 cm³/mol. The van der Waals surface area contributed by atoms with Gasteiger partial charge in [-0.05, 0) is 36.4 Å². The van der Waals surface area contributed by atoms with Gasteiger partial charge in [0.1, 0.15) is 5.69 Å². The van der Waals surface area contributed by atoms with Crippen LogP contribution in [0, 0.1) is 0 Å². The van der Waals surface area contributed by atoms with Gasteiger partial charge < -0.3 is 14.6 Å². The zero-order valence-electron chi connectivity index (χ0n) is 14.9. The highest BCUT2D eigenvalue weighted by molar-refractivity contribution is 8.00. The number of hydrogen-bond donors (Lipinski definition) is 2. The number of carbonyl (C=O) groups excluding carboxylic acids is 4. The number of hydrogen-bond acceptors (Lipinski definition) is 6. The number of nitrogens with zero attached hydrogens (tertiary/aromatic N) is 1. The number of carbonyl (C=O) groups is 4. The smallest absolute Gasteiger partial charge is 0.316 e. The van der Waals surface area contributed by atoms with Crippen LogP contribution in [-0.2, 0) is 26.2 Å². The van der Waals surface area contributed by atoms with Gasteiger partial charge in [0.05, 0.1) is 11.5 Å². The van der Waals surface area contributed by atoms with Crippen molar-refractivity contribution in [3.05, 3.63) is 53.3 Å². The Bertz CT molecular complexity index is 866. The van der Waals surface area contributed by atoms with E-state index in [1.54, 1.807) is 54.2 Å². The Morgan fingerprint density at radius 3 is 2.43 bits per heavy atom. The van der Waals surface area contributed by atoms with E-state index in [1.807, 2.05) is 0 Å². The van der Waals surface area contributed by atoms with Crippen molar-refractivity contribution in [1.29, 1.82) is 0 Å². The van der Waals surface area contributed by atoms with Crippen molar-refractivity contribution in [3.8, 4) is 0 Å². The molecule has 148 valence electrons. The van der Waals surface area contributed by atoms with Crippen LogP contribution < -0.4 is 10.6 Å². The fraction of sp³-hybridized carbons (Fsp3) is 0.222. The number of rotatable bonds is 8. The maximum absolute atomic E-state index is 11.8. The molecule has 0 radical (unpaired) electrons. The topological polar surface area (TPSA) is 106 Å². The molecule has 1 heterocycles. The second-order valence-electron chi connectivity index (χ2n) is 5.59. The Labute approximate surface area is 170 Å². The van der Waals surface area contributed by atoms with Crippen molar-refractivity contribution in [2.45, 2.75) is 0 Å². The van der Waals surface area contributed by atoms with Gasteiger partial charge in [-0.15, -0.1) is 11.8 Å². The number of aryl methyl sites for hydroxylation is 1. The van der Waals surface area contributed by atoms with Crippen LogP contribution in [0.15, 0.2) is 42.6 Å².